The maximum atomic E-state index is 12.7. The first-order valence-corrected chi connectivity index (χ1v) is 8.32. The molecule has 2 aromatic rings. The van der Waals surface area contributed by atoms with E-state index in [9.17, 15) is 23.4 Å². The summed E-state index contributed by atoms with van der Waals surface area (Å²) in [6, 6.07) is 2.52. The quantitative estimate of drug-likeness (QED) is 0.770. The number of nitrogens with zero attached hydrogens (tertiary/aromatic N) is 3. The van der Waals surface area contributed by atoms with Gasteiger partial charge in [0.1, 0.15) is 11.4 Å². The molecule has 1 fully saturated rings. The molecular weight excluding hydrogens is 349 g/mol. The third kappa shape index (κ3) is 3.87. The van der Waals surface area contributed by atoms with Crippen molar-refractivity contribution in [2.45, 2.75) is 50.9 Å². The minimum Gasteiger partial charge on any atom is -0.507 e. The number of anilines is 1. The highest BCUT2D eigenvalue weighted by Gasteiger charge is 2.31. The van der Waals surface area contributed by atoms with Crippen LogP contribution in [0, 0.1) is 6.92 Å². The number of aliphatic hydroxyl groups is 1. The number of halogens is 3. The monoisotopic (exact) mass is 368 g/mol. The van der Waals surface area contributed by atoms with Crippen LogP contribution in [-0.4, -0.2) is 37.5 Å². The van der Waals surface area contributed by atoms with Crippen molar-refractivity contribution < 1.29 is 23.4 Å². The molecule has 3 rings (SSSR count). The van der Waals surface area contributed by atoms with Gasteiger partial charge in [0.05, 0.1) is 23.4 Å². The smallest absolute Gasteiger partial charge is 0.416 e. The minimum absolute atomic E-state index is 0.125. The fourth-order valence-corrected chi connectivity index (χ4v) is 3.07. The first-order valence-electron chi connectivity index (χ1n) is 8.32. The summed E-state index contributed by atoms with van der Waals surface area (Å²) in [5.41, 5.74) is -0.213. The Balaban J connectivity index is 1.84. The van der Waals surface area contributed by atoms with E-state index in [1.54, 1.807) is 6.92 Å². The molecule has 26 heavy (non-hydrogen) atoms. The molecular formula is C17H19F3N4O2. The van der Waals surface area contributed by atoms with Crippen molar-refractivity contribution >= 4 is 5.95 Å². The first-order chi connectivity index (χ1) is 12.3. The number of hydrogen-bond acceptors (Lipinski definition) is 6. The van der Waals surface area contributed by atoms with E-state index in [4.69, 9.17) is 0 Å². The Bertz CT molecular complexity index is 798. The van der Waals surface area contributed by atoms with Crippen LogP contribution in [0.2, 0.25) is 0 Å². The molecule has 6 nitrogen and oxygen atoms in total. The van der Waals surface area contributed by atoms with Crippen LogP contribution in [-0.2, 0) is 6.18 Å². The van der Waals surface area contributed by atoms with Crippen molar-refractivity contribution in [3.8, 4) is 17.0 Å². The molecule has 1 aromatic carbocycles. The van der Waals surface area contributed by atoms with E-state index in [-0.39, 0.29) is 23.2 Å². The molecule has 0 spiro atoms. The Morgan fingerprint density at radius 1 is 1.15 bits per heavy atom. The van der Waals surface area contributed by atoms with Crippen molar-refractivity contribution in [2.75, 3.05) is 5.32 Å². The maximum absolute atomic E-state index is 12.7. The highest BCUT2D eigenvalue weighted by molar-refractivity contribution is 5.69. The Morgan fingerprint density at radius 2 is 1.88 bits per heavy atom. The molecule has 1 aliphatic rings. The van der Waals surface area contributed by atoms with Gasteiger partial charge in [0.2, 0.25) is 5.95 Å². The van der Waals surface area contributed by atoms with Crippen LogP contribution in [0.4, 0.5) is 19.1 Å². The lowest BCUT2D eigenvalue weighted by Gasteiger charge is -2.28. The van der Waals surface area contributed by atoms with Crippen molar-refractivity contribution in [2.24, 2.45) is 0 Å². The topological polar surface area (TPSA) is 91.2 Å². The zero-order valence-electron chi connectivity index (χ0n) is 14.1. The standard InChI is InChI=1S/C17H19F3N4O2/c1-9-15(11-7-6-10(8-14(11)26)17(18,19)20)23-24-16(21-9)22-12-4-2-3-5-13(12)25/h6-8,12-13,25-26H,2-5H2,1H3,(H,21,22,24)/t12-,13+/m0/s1. The van der Waals surface area contributed by atoms with Gasteiger partial charge in [-0.05, 0) is 38.0 Å². The summed E-state index contributed by atoms with van der Waals surface area (Å²) < 4.78 is 38.1. The van der Waals surface area contributed by atoms with Gasteiger partial charge in [-0.2, -0.15) is 13.2 Å². The Hall–Kier alpha value is -2.42. The molecule has 2 atom stereocenters. The number of aliphatic hydroxyl groups excluding tert-OH is 1. The molecule has 140 valence electrons. The van der Waals surface area contributed by atoms with Crippen LogP contribution in [0.1, 0.15) is 36.9 Å². The van der Waals surface area contributed by atoms with Crippen LogP contribution >= 0.6 is 0 Å². The zero-order valence-corrected chi connectivity index (χ0v) is 14.1. The number of aromatic hydroxyl groups is 1. The summed E-state index contributed by atoms with van der Waals surface area (Å²) in [4.78, 5) is 4.26. The summed E-state index contributed by atoms with van der Waals surface area (Å²) in [5.74, 6) is -0.300. The number of aryl methyl sites for hydroxylation is 1. The number of hydrogen-bond donors (Lipinski definition) is 3. The summed E-state index contributed by atoms with van der Waals surface area (Å²) in [7, 11) is 0. The predicted octanol–water partition coefficient (Wildman–Crippen LogP) is 3.29. The van der Waals surface area contributed by atoms with E-state index in [1.807, 2.05) is 0 Å². The van der Waals surface area contributed by atoms with Crippen LogP contribution < -0.4 is 5.32 Å². The molecule has 0 radical (unpaired) electrons. The van der Waals surface area contributed by atoms with E-state index in [0.29, 0.717) is 18.2 Å². The highest BCUT2D eigenvalue weighted by atomic mass is 19.4. The second-order valence-electron chi connectivity index (χ2n) is 6.40. The molecule has 1 aliphatic carbocycles. The van der Waals surface area contributed by atoms with Gasteiger partial charge in [0, 0.05) is 5.56 Å². The third-order valence-corrected chi connectivity index (χ3v) is 4.49. The van der Waals surface area contributed by atoms with Crippen molar-refractivity contribution in [3.63, 3.8) is 0 Å². The van der Waals surface area contributed by atoms with E-state index in [2.05, 4.69) is 20.5 Å². The fourth-order valence-electron chi connectivity index (χ4n) is 3.07. The van der Waals surface area contributed by atoms with Crippen LogP contribution in [0.25, 0.3) is 11.3 Å². The lowest BCUT2D eigenvalue weighted by atomic mass is 9.93. The van der Waals surface area contributed by atoms with Gasteiger partial charge >= 0.3 is 6.18 Å². The van der Waals surface area contributed by atoms with Crippen LogP contribution in [0.3, 0.4) is 0 Å². The predicted molar refractivity (Wildman–Crippen MR) is 88.6 cm³/mol. The summed E-state index contributed by atoms with van der Waals surface area (Å²) in [5, 5.41) is 30.9. The molecule has 0 bridgehead atoms. The number of phenolic OH excluding ortho intramolecular Hbond substituents is 1. The SMILES string of the molecule is Cc1nc(N[C@H]2CCCC[C@H]2O)nnc1-c1ccc(C(F)(F)F)cc1O. The van der Waals surface area contributed by atoms with Gasteiger partial charge in [0.15, 0.2) is 0 Å². The lowest BCUT2D eigenvalue weighted by molar-refractivity contribution is -0.137. The summed E-state index contributed by atoms with van der Waals surface area (Å²) in [6.45, 7) is 1.63. The van der Waals surface area contributed by atoms with Gasteiger partial charge in [0.25, 0.3) is 0 Å². The van der Waals surface area contributed by atoms with Crippen LogP contribution in [0.15, 0.2) is 18.2 Å². The van der Waals surface area contributed by atoms with E-state index in [1.165, 1.54) is 0 Å². The molecule has 9 heteroatoms. The van der Waals surface area contributed by atoms with Crippen molar-refractivity contribution in [1.82, 2.24) is 15.2 Å². The number of rotatable bonds is 3. The second kappa shape index (κ2) is 7.06. The third-order valence-electron chi connectivity index (χ3n) is 4.49. The van der Waals surface area contributed by atoms with Gasteiger partial charge < -0.3 is 15.5 Å². The average Bonchev–Trinajstić information content (AvgIpc) is 2.57. The number of phenols is 1. The van der Waals surface area contributed by atoms with Gasteiger partial charge in [-0.25, -0.2) is 4.98 Å². The van der Waals surface area contributed by atoms with Gasteiger partial charge in [-0.3, -0.25) is 0 Å². The molecule has 0 aliphatic heterocycles. The van der Waals surface area contributed by atoms with E-state index < -0.39 is 23.6 Å². The number of aromatic nitrogens is 3. The molecule has 1 aromatic heterocycles. The second-order valence-corrected chi connectivity index (χ2v) is 6.40. The number of nitrogens with one attached hydrogen (secondary N) is 1. The van der Waals surface area contributed by atoms with E-state index in [0.717, 1.165) is 31.4 Å². The summed E-state index contributed by atoms with van der Waals surface area (Å²) in [6.07, 6.45) is -1.54. The number of alkyl halides is 3. The van der Waals surface area contributed by atoms with Crippen molar-refractivity contribution in [1.29, 1.82) is 0 Å². The van der Waals surface area contributed by atoms with Crippen LogP contribution in [0.5, 0.6) is 5.75 Å². The number of benzene rings is 1. The Kier molecular flexibility index (Phi) is 4.99. The molecule has 0 unspecified atom stereocenters. The molecule has 3 N–H and O–H groups in total. The molecule has 0 amide bonds. The largest absolute Gasteiger partial charge is 0.507 e. The Morgan fingerprint density at radius 3 is 2.50 bits per heavy atom. The molecule has 1 heterocycles. The molecule has 1 saturated carbocycles. The fraction of sp³-hybridized carbons (Fsp3) is 0.471. The molecule has 0 saturated heterocycles. The zero-order chi connectivity index (χ0) is 18.9. The van der Waals surface area contributed by atoms with Gasteiger partial charge in [-0.15, -0.1) is 10.2 Å². The Labute approximate surface area is 148 Å². The normalized spacial score (nSPS) is 20.8. The first kappa shape index (κ1) is 18.4. The summed E-state index contributed by atoms with van der Waals surface area (Å²) >= 11 is 0. The van der Waals surface area contributed by atoms with Gasteiger partial charge in [-0.1, -0.05) is 12.8 Å². The van der Waals surface area contributed by atoms with E-state index >= 15 is 0 Å². The average molecular weight is 368 g/mol. The lowest BCUT2D eigenvalue weighted by Crippen LogP contribution is -2.37. The highest BCUT2D eigenvalue weighted by Crippen LogP contribution is 2.36. The maximum Gasteiger partial charge on any atom is 0.416 e. The van der Waals surface area contributed by atoms with Crippen molar-refractivity contribution in [3.05, 3.63) is 29.5 Å². The minimum atomic E-state index is -4.54.